The number of carbonyl (C=O) groups excluding carboxylic acids is 1. The Morgan fingerprint density at radius 3 is 2.38 bits per heavy atom. The number of nitrogens with zero attached hydrogens (tertiary/aromatic N) is 3. The molecule has 2 heterocycles. The van der Waals surface area contributed by atoms with E-state index < -0.39 is 0 Å². The molecule has 0 radical (unpaired) electrons. The first-order chi connectivity index (χ1) is 19.0. The van der Waals surface area contributed by atoms with Crippen LogP contribution >= 0.6 is 0 Å². The van der Waals surface area contributed by atoms with Gasteiger partial charge in [0.25, 0.3) is 5.91 Å². The van der Waals surface area contributed by atoms with Crippen molar-refractivity contribution in [2.45, 2.75) is 31.8 Å². The van der Waals surface area contributed by atoms with Gasteiger partial charge in [0.15, 0.2) is 5.82 Å². The van der Waals surface area contributed by atoms with Crippen molar-refractivity contribution in [2.75, 3.05) is 19.7 Å². The molecule has 1 aliphatic heterocycles. The largest absolute Gasteiger partial charge is 0.491 e. The van der Waals surface area contributed by atoms with Gasteiger partial charge in [0.05, 0.1) is 11.6 Å². The number of amides is 1. The van der Waals surface area contributed by atoms with Gasteiger partial charge >= 0.3 is 0 Å². The molecule has 1 amide bonds. The number of carbonyl (C=O) groups is 1. The molecule has 39 heavy (non-hydrogen) atoms. The lowest BCUT2D eigenvalue weighted by Gasteiger charge is -2.38. The Kier molecular flexibility index (Phi) is 8.22. The fraction of sp³-hybridized carbons (Fsp3) is 0.258. The summed E-state index contributed by atoms with van der Waals surface area (Å²) in [5.74, 6) is 0.164. The number of likely N-dealkylation sites (tertiary alicyclic amines) is 1. The van der Waals surface area contributed by atoms with Crippen molar-refractivity contribution in [3.63, 3.8) is 0 Å². The lowest BCUT2D eigenvalue weighted by Crippen LogP contribution is -2.46. The zero-order valence-corrected chi connectivity index (χ0v) is 21.7. The average Bonchev–Trinajstić information content (AvgIpc) is 2.95. The standard InChI is InChI=1S/C31H30F2N4O2/c1-21-16-26(33)10-11-29(21)39-20-28(22-6-3-2-4-7-22)37-14-12-27(13-15-37)36-31(38)24-18-34-30(35-19-24)23-8-5-9-25(32)17-23/h2-11,16-19,27-28H,12-15,20H2,1H3,(H,36,38). The highest BCUT2D eigenvalue weighted by Crippen LogP contribution is 2.27. The maximum absolute atomic E-state index is 13.5. The van der Waals surface area contributed by atoms with Gasteiger partial charge in [-0.05, 0) is 61.2 Å². The number of nitrogens with one attached hydrogen (secondary N) is 1. The first kappa shape index (κ1) is 26.4. The second-order valence-electron chi connectivity index (χ2n) is 9.74. The Hall–Kier alpha value is -4.17. The summed E-state index contributed by atoms with van der Waals surface area (Å²) >= 11 is 0. The molecular weight excluding hydrogens is 498 g/mol. The molecule has 1 aliphatic rings. The molecule has 4 aromatic rings. The van der Waals surface area contributed by atoms with E-state index in [1.807, 2.05) is 25.1 Å². The SMILES string of the molecule is Cc1cc(F)ccc1OCC(c1ccccc1)N1CCC(NC(=O)c2cnc(-c3cccc(F)c3)nc2)CC1. The molecule has 0 aliphatic carbocycles. The van der Waals surface area contributed by atoms with Crippen molar-refractivity contribution < 1.29 is 18.3 Å². The number of rotatable bonds is 8. The van der Waals surface area contributed by atoms with Crippen LogP contribution in [0, 0.1) is 18.6 Å². The van der Waals surface area contributed by atoms with Crippen LogP contribution in [0.15, 0.2) is 85.2 Å². The van der Waals surface area contributed by atoms with Crippen LogP contribution in [0.2, 0.25) is 0 Å². The summed E-state index contributed by atoms with van der Waals surface area (Å²) in [4.78, 5) is 23.7. The van der Waals surface area contributed by atoms with E-state index in [2.05, 4.69) is 32.3 Å². The number of benzene rings is 3. The molecule has 1 aromatic heterocycles. The van der Waals surface area contributed by atoms with Crippen LogP contribution in [-0.2, 0) is 0 Å². The number of hydrogen-bond donors (Lipinski definition) is 1. The van der Waals surface area contributed by atoms with E-state index in [-0.39, 0.29) is 29.6 Å². The Labute approximate surface area is 226 Å². The first-order valence-corrected chi connectivity index (χ1v) is 13.0. The molecule has 3 aromatic carbocycles. The van der Waals surface area contributed by atoms with Crippen molar-refractivity contribution in [1.29, 1.82) is 0 Å². The van der Waals surface area contributed by atoms with Crippen molar-refractivity contribution in [2.24, 2.45) is 0 Å². The van der Waals surface area contributed by atoms with Crippen LogP contribution in [0.25, 0.3) is 11.4 Å². The summed E-state index contributed by atoms with van der Waals surface area (Å²) in [6.07, 6.45) is 4.51. The second kappa shape index (κ2) is 12.1. The van der Waals surface area contributed by atoms with Crippen molar-refractivity contribution in [3.8, 4) is 17.1 Å². The molecule has 0 bridgehead atoms. The summed E-state index contributed by atoms with van der Waals surface area (Å²) in [5.41, 5.74) is 2.83. The number of ether oxygens (including phenoxy) is 1. The second-order valence-corrected chi connectivity index (χ2v) is 9.74. The molecule has 1 atom stereocenters. The van der Waals surface area contributed by atoms with Gasteiger partial charge in [-0.3, -0.25) is 9.69 Å². The molecule has 200 valence electrons. The van der Waals surface area contributed by atoms with Crippen LogP contribution in [0.4, 0.5) is 8.78 Å². The van der Waals surface area contributed by atoms with E-state index in [0.717, 1.165) is 37.1 Å². The van der Waals surface area contributed by atoms with E-state index in [0.29, 0.717) is 29.3 Å². The Morgan fingerprint density at radius 1 is 0.974 bits per heavy atom. The molecule has 8 heteroatoms. The highest BCUT2D eigenvalue weighted by atomic mass is 19.1. The first-order valence-electron chi connectivity index (χ1n) is 13.0. The average molecular weight is 529 g/mol. The van der Waals surface area contributed by atoms with Crippen molar-refractivity contribution in [3.05, 3.63) is 114 Å². The van der Waals surface area contributed by atoms with Crippen LogP contribution < -0.4 is 10.1 Å². The number of hydrogen-bond acceptors (Lipinski definition) is 5. The third-order valence-electron chi connectivity index (χ3n) is 7.02. The minimum atomic E-state index is -0.365. The molecule has 5 rings (SSSR count). The number of aryl methyl sites for hydroxylation is 1. The lowest BCUT2D eigenvalue weighted by atomic mass is 9.99. The van der Waals surface area contributed by atoms with E-state index in [1.165, 1.54) is 36.7 Å². The van der Waals surface area contributed by atoms with Gasteiger partial charge in [-0.15, -0.1) is 0 Å². The molecule has 0 saturated carbocycles. The van der Waals surface area contributed by atoms with Crippen LogP contribution in [0.1, 0.15) is 40.4 Å². The zero-order valence-electron chi connectivity index (χ0n) is 21.7. The minimum Gasteiger partial charge on any atom is -0.491 e. The van der Waals surface area contributed by atoms with Gasteiger partial charge in [-0.25, -0.2) is 18.7 Å². The van der Waals surface area contributed by atoms with E-state index in [4.69, 9.17) is 4.74 Å². The fourth-order valence-electron chi connectivity index (χ4n) is 4.88. The zero-order chi connectivity index (χ0) is 27.2. The smallest absolute Gasteiger partial charge is 0.254 e. The highest BCUT2D eigenvalue weighted by molar-refractivity contribution is 5.93. The van der Waals surface area contributed by atoms with E-state index >= 15 is 0 Å². The molecular formula is C31H30F2N4O2. The van der Waals surface area contributed by atoms with Crippen molar-refractivity contribution >= 4 is 5.91 Å². The summed E-state index contributed by atoms with van der Waals surface area (Å²) in [6.45, 7) is 3.84. The van der Waals surface area contributed by atoms with Gasteiger partial charge in [-0.2, -0.15) is 0 Å². The van der Waals surface area contributed by atoms with Gasteiger partial charge < -0.3 is 10.1 Å². The molecule has 6 nitrogen and oxygen atoms in total. The van der Waals surface area contributed by atoms with Crippen LogP contribution in [0.3, 0.4) is 0 Å². The summed E-state index contributed by atoms with van der Waals surface area (Å²) in [5, 5.41) is 3.10. The maximum atomic E-state index is 13.5. The Bertz CT molecular complexity index is 1410. The van der Waals surface area contributed by atoms with Gasteiger partial charge in [0, 0.05) is 37.1 Å². The third kappa shape index (κ3) is 6.64. The number of halogens is 2. The maximum Gasteiger partial charge on any atom is 0.254 e. The molecule has 1 unspecified atom stereocenters. The monoisotopic (exact) mass is 528 g/mol. The number of aromatic nitrogens is 2. The topological polar surface area (TPSA) is 67.3 Å². The predicted octanol–water partition coefficient (Wildman–Crippen LogP) is 5.74. The molecule has 1 fully saturated rings. The summed E-state index contributed by atoms with van der Waals surface area (Å²) in [6, 6.07) is 20.8. The summed E-state index contributed by atoms with van der Waals surface area (Å²) < 4.78 is 33.2. The third-order valence-corrected chi connectivity index (χ3v) is 7.02. The number of piperidine rings is 1. The highest BCUT2D eigenvalue weighted by Gasteiger charge is 2.28. The Balaban J connectivity index is 1.19. The van der Waals surface area contributed by atoms with E-state index in [1.54, 1.807) is 18.2 Å². The molecule has 0 spiro atoms. The summed E-state index contributed by atoms with van der Waals surface area (Å²) in [7, 11) is 0. The lowest BCUT2D eigenvalue weighted by molar-refractivity contribution is 0.0836. The van der Waals surface area contributed by atoms with Crippen molar-refractivity contribution in [1.82, 2.24) is 20.2 Å². The van der Waals surface area contributed by atoms with E-state index in [9.17, 15) is 13.6 Å². The van der Waals surface area contributed by atoms with Gasteiger partial charge in [0.2, 0.25) is 0 Å². The molecule has 1 saturated heterocycles. The fourth-order valence-corrected chi connectivity index (χ4v) is 4.88. The van der Waals surface area contributed by atoms with Gasteiger partial charge in [0.1, 0.15) is 24.0 Å². The normalized spacial score (nSPS) is 15.1. The Morgan fingerprint density at radius 2 is 1.69 bits per heavy atom. The quantitative estimate of drug-likeness (QED) is 0.316. The van der Waals surface area contributed by atoms with Crippen LogP contribution in [0.5, 0.6) is 5.75 Å². The minimum absolute atomic E-state index is 0.0216. The van der Waals surface area contributed by atoms with Crippen LogP contribution in [-0.4, -0.2) is 46.5 Å². The predicted molar refractivity (Wildman–Crippen MR) is 145 cm³/mol. The van der Waals surface area contributed by atoms with Gasteiger partial charge in [-0.1, -0.05) is 42.5 Å². The molecule has 1 N–H and O–H groups in total.